The SMILES string of the molecule is Cc1ccc(N(Cc2ccccc2F)S(=O)(=O)c2ccccc2)cc1. The van der Waals surface area contributed by atoms with E-state index in [2.05, 4.69) is 0 Å². The summed E-state index contributed by atoms with van der Waals surface area (Å²) in [6, 6.07) is 21.5. The van der Waals surface area contributed by atoms with E-state index in [4.69, 9.17) is 0 Å². The topological polar surface area (TPSA) is 37.4 Å². The number of aryl methyl sites for hydroxylation is 1. The molecule has 0 saturated heterocycles. The van der Waals surface area contributed by atoms with E-state index in [9.17, 15) is 12.8 Å². The highest BCUT2D eigenvalue weighted by Crippen LogP contribution is 2.26. The van der Waals surface area contributed by atoms with Crippen LogP contribution in [0, 0.1) is 12.7 Å². The Bertz CT molecular complexity index is 955. The van der Waals surface area contributed by atoms with Crippen molar-refractivity contribution in [3.05, 3.63) is 95.8 Å². The Morgan fingerprint density at radius 3 is 2.08 bits per heavy atom. The fourth-order valence-corrected chi connectivity index (χ4v) is 3.99. The summed E-state index contributed by atoms with van der Waals surface area (Å²) < 4.78 is 41.6. The predicted molar refractivity (Wildman–Crippen MR) is 97.4 cm³/mol. The molecule has 128 valence electrons. The van der Waals surface area contributed by atoms with Crippen LogP contribution in [0.5, 0.6) is 0 Å². The van der Waals surface area contributed by atoms with Gasteiger partial charge in [0.25, 0.3) is 10.0 Å². The van der Waals surface area contributed by atoms with Gasteiger partial charge in [0.05, 0.1) is 17.1 Å². The monoisotopic (exact) mass is 355 g/mol. The number of anilines is 1. The fourth-order valence-electron chi connectivity index (χ4n) is 2.53. The van der Waals surface area contributed by atoms with Crippen LogP contribution in [0.1, 0.15) is 11.1 Å². The molecule has 0 N–H and O–H groups in total. The van der Waals surface area contributed by atoms with Crippen LogP contribution in [0.15, 0.2) is 83.8 Å². The first kappa shape index (κ1) is 17.2. The fraction of sp³-hybridized carbons (Fsp3) is 0.100. The minimum absolute atomic E-state index is 0.0764. The first-order valence-corrected chi connectivity index (χ1v) is 9.30. The maximum absolute atomic E-state index is 14.1. The van der Waals surface area contributed by atoms with E-state index < -0.39 is 15.8 Å². The molecule has 0 fully saturated rings. The average Bonchev–Trinajstić information content (AvgIpc) is 2.62. The second-order valence-corrected chi connectivity index (χ2v) is 7.61. The smallest absolute Gasteiger partial charge is 0.262 e. The minimum atomic E-state index is -3.82. The predicted octanol–water partition coefficient (Wildman–Crippen LogP) is 4.53. The zero-order chi connectivity index (χ0) is 17.9. The lowest BCUT2D eigenvalue weighted by molar-refractivity contribution is 0.585. The van der Waals surface area contributed by atoms with E-state index in [0.717, 1.165) is 5.56 Å². The molecular formula is C20H18FNO2S. The van der Waals surface area contributed by atoms with Crippen molar-refractivity contribution in [3.8, 4) is 0 Å². The molecule has 0 radical (unpaired) electrons. The van der Waals surface area contributed by atoms with Gasteiger partial charge in [-0.2, -0.15) is 0 Å². The van der Waals surface area contributed by atoms with Gasteiger partial charge in [-0.15, -0.1) is 0 Å². The number of sulfonamides is 1. The summed E-state index contributed by atoms with van der Waals surface area (Å²) >= 11 is 0. The number of hydrogen-bond donors (Lipinski definition) is 0. The highest BCUT2D eigenvalue weighted by molar-refractivity contribution is 7.92. The zero-order valence-electron chi connectivity index (χ0n) is 13.8. The molecule has 0 heterocycles. The molecule has 3 aromatic rings. The second-order valence-electron chi connectivity index (χ2n) is 5.75. The molecule has 5 heteroatoms. The summed E-state index contributed by atoms with van der Waals surface area (Å²) in [5.41, 5.74) is 1.84. The summed E-state index contributed by atoms with van der Waals surface area (Å²) in [4.78, 5) is 0.173. The Hall–Kier alpha value is -2.66. The number of nitrogens with zero attached hydrogens (tertiary/aromatic N) is 1. The number of rotatable bonds is 5. The van der Waals surface area contributed by atoms with E-state index >= 15 is 0 Å². The number of benzene rings is 3. The molecule has 0 aromatic heterocycles. The van der Waals surface area contributed by atoms with Crippen molar-refractivity contribution in [1.29, 1.82) is 0 Å². The normalized spacial score (nSPS) is 11.3. The first-order valence-electron chi connectivity index (χ1n) is 7.86. The summed E-state index contributed by atoms with van der Waals surface area (Å²) in [5.74, 6) is -0.428. The average molecular weight is 355 g/mol. The van der Waals surface area contributed by atoms with Gasteiger partial charge in [-0.25, -0.2) is 12.8 Å². The standard InChI is InChI=1S/C20H18FNO2S/c1-16-11-13-18(14-12-16)22(15-17-7-5-6-10-20(17)21)25(23,24)19-8-3-2-4-9-19/h2-14H,15H2,1H3. The van der Waals surface area contributed by atoms with Crippen LogP contribution in [0.2, 0.25) is 0 Å². The van der Waals surface area contributed by atoms with Crippen LogP contribution >= 0.6 is 0 Å². The highest BCUT2D eigenvalue weighted by Gasteiger charge is 2.25. The van der Waals surface area contributed by atoms with Crippen molar-refractivity contribution in [2.75, 3.05) is 4.31 Å². The van der Waals surface area contributed by atoms with Crippen LogP contribution in [-0.2, 0) is 16.6 Å². The van der Waals surface area contributed by atoms with E-state index in [1.807, 2.05) is 19.1 Å². The second kappa shape index (κ2) is 7.07. The summed E-state index contributed by atoms with van der Waals surface area (Å²) in [7, 11) is -3.82. The van der Waals surface area contributed by atoms with E-state index in [0.29, 0.717) is 11.3 Å². The van der Waals surface area contributed by atoms with Gasteiger partial charge in [0, 0.05) is 5.56 Å². The van der Waals surface area contributed by atoms with E-state index in [-0.39, 0.29) is 11.4 Å². The minimum Gasteiger partial charge on any atom is -0.262 e. The molecule has 0 aliphatic carbocycles. The maximum atomic E-state index is 14.1. The Labute approximate surface area is 147 Å². The lowest BCUT2D eigenvalue weighted by atomic mass is 10.2. The van der Waals surface area contributed by atoms with Gasteiger partial charge >= 0.3 is 0 Å². The molecule has 3 rings (SSSR count). The Morgan fingerprint density at radius 1 is 0.840 bits per heavy atom. The molecule has 25 heavy (non-hydrogen) atoms. The lowest BCUT2D eigenvalue weighted by Gasteiger charge is -2.25. The maximum Gasteiger partial charge on any atom is 0.264 e. The molecule has 0 saturated carbocycles. The van der Waals surface area contributed by atoms with Crippen LogP contribution in [0.3, 0.4) is 0 Å². The van der Waals surface area contributed by atoms with Crippen LogP contribution < -0.4 is 4.31 Å². The van der Waals surface area contributed by atoms with E-state index in [1.165, 1.54) is 22.5 Å². The summed E-state index contributed by atoms with van der Waals surface area (Å²) in [6.45, 7) is 1.85. The Kier molecular flexibility index (Phi) is 4.86. The van der Waals surface area contributed by atoms with E-state index in [1.54, 1.807) is 48.5 Å². The third-order valence-electron chi connectivity index (χ3n) is 3.92. The van der Waals surface area contributed by atoms with Gasteiger partial charge in [-0.3, -0.25) is 4.31 Å². The molecule has 3 aromatic carbocycles. The Morgan fingerprint density at radius 2 is 1.44 bits per heavy atom. The van der Waals surface area contributed by atoms with Crippen molar-refractivity contribution >= 4 is 15.7 Å². The molecule has 0 unspecified atom stereocenters. The zero-order valence-corrected chi connectivity index (χ0v) is 14.6. The van der Waals surface area contributed by atoms with Crippen molar-refractivity contribution in [3.63, 3.8) is 0 Å². The van der Waals surface area contributed by atoms with Gasteiger partial charge < -0.3 is 0 Å². The quantitative estimate of drug-likeness (QED) is 0.674. The van der Waals surface area contributed by atoms with Gasteiger partial charge in [-0.1, -0.05) is 54.1 Å². The van der Waals surface area contributed by atoms with Crippen LogP contribution in [0.4, 0.5) is 10.1 Å². The lowest BCUT2D eigenvalue weighted by Crippen LogP contribution is -2.31. The largest absolute Gasteiger partial charge is 0.264 e. The Balaban J connectivity index is 2.09. The third kappa shape index (κ3) is 3.72. The van der Waals surface area contributed by atoms with Gasteiger partial charge in [-0.05, 0) is 37.3 Å². The molecule has 0 aliphatic rings. The van der Waals surface area contributed by atoms with Crippen molar-refractivity contribution in [2.24, 2.45) is 0 Å². The highest BCUT2D eigenvalue weighted by atomic mass is 32.2. The van der Waals surface area contributed by atoms with Gasteiger partial charge in [0.15, 0.2) is 0 Å². The van der Waals surface area contributed by atoms with Crippen LogP contribution in [-0.4, -0.2) is 8.42 Å². The molecule has 0 bridgehead atoms. The van der Waals surface area contributed by atoms with Crippen molar-refractivity contribution in [1.82, 2.24) is 0 Å². The number of hydrogen-bond acceptors (Lipinski definition) is 2. The molecule has 0 atom stereocenters. The third-order valence-corrected chi connectivity index (χ3v) is 5.71. The van der Waals surface area contributed by atoms with Gasteiger partial charge in [0.1, 0.15) is 5.82 Å². The van der Waals surface area contributed by atoms with Gasteiger partial charge in [0.2, 0.25) is 0 Å². The molecule has 3 nitrogen and oxygen atoms in total. The van der Waals surface area contributed by atoms with Crippen molar-refractivity contribution in [2.45, 2.75) is 18.4 Å². The molecule has 0 spiro atoms. The summed E-state index contributed by atoms with van der Waals surface area (Å²) in [5, 5.41) is 0. The summed E-state index contributed by atoms with van der Waals surface area (Å²) in [6.07, 6.45) is 0. The van der Waals surface area contributed by atoms with Crippen LogP contribution in [0.25, 0.3) is 0 Å². The van der Waals surface area contributed by atoms with Crippen molar-refractivity contribution < 1.29 is 12.8 Å². The number of halogens is 1. The first-order chi connectivity index (χ1) is 12.0. The molecule has 0 aliphatic heterocycles. The molecular weight excluding hydrogens is 337 g/mol. The molecule has 0 amide bonds.